The fourth-order valence-electron chi connectivity index (χ4n) is 1.84. The summed E-state index contributed by atoms with van der Waals surface area (Å²) in [6.07, 6.45) is 0.759. The van der Waals surface area contributed by atoms with Crippen LogP contribution in [0.3, 0.4) is 0 Å². The third kappa shape index (κ3) is 2.79. The first kappa shape index (κ1) is 12.4. The second kappa shape index (κ2) is 4.66. The predicted octanol–water partition coefficient (Wildman–Crippen LogP) is 1.39. The molecule has 0 aromatic heterocycles. The van der Waals surface area contributed by atoms with Crippen LogP contribution < -0.4 is 4.90 Å². The smallest absolute Gasteiger partial charge is 0.153 e. The molecule has 92 valence electrons. The number of nitrogens with zero attached hydrogens (tertiary/aromatic N) is 1. The molecule has 6 heteroatoms. The number of halogens is 1. The number of benzene rings is 1. The summed E-state index contributed by atoms with van der Waals surface area (Å²) >= 11 is 5.89. The van der Waals surface area contributed by atoms with E-state index >= 15 is 0 Å². The number of anilines is 1. The van der Waals surface area contributed by atoms with Gasteiger partial charge in [0.05, 0.1) is 11.5 Å². The summed E-state index contributed by atoms with van der Waals surface area (Å²) in [5, 5.41) is 0.541. The normalized spacial score (nSPS) is 19.0. The van der Waals surface area contributed by atoms with Crippen LogP contribution in [-0.4, -0.2) is 39.3 Å². The fraction of sp³-hybridized carbons (Fsp3) is 0.364. The third-order valence-corrected chi connectivity index (χ3v) is 4.65. The molecule has 1 aromatic carbocycles. The van der Waals surface area contributed by atoms with Crippen molar-refractivity contribution in [3.05, 3.63) is 28.8 Å². The average molecular weight is 274 g/mol. The number of carbonyl (C=O) groups is 1. The van der Waals surface area contributed by atoms with Crippen LogP contribution in [0, 0.1) is 0 Å². The quantitative estimate of drug-likeness (QED) is 0.764. The highest BCUT2D eigenvalue weighted by molar-refractivity contribution is 7.91. The molecule has 1 saturated heterocycles. The number of hydrogen-bond donors (Lipinski definition) is 0. The molecule has 17 heavy (non-hydrogen) atoms. The van der Waals surface area contributed by atoms with Crippen LogP contribution in [0.5, 0.6) is 0 Å². The van der Waals surface area contributed by atoms with Gasteiger partial charge in [-0.2, -0.15) is 0 Å². The molecule has 0 radical (unpaired) electrons. The first-order chi connectivity index (χ1) is 8.02. The minimum atomic E-state index is -2.92. The van der Waals surface area contributed by atoms with Gasteiger partial charge in [0.2, 0.25) is 0 Å². The van der Waals surface area contributed by atoms with E-state index in [1.165, 1.54) is 0 Å². The van der Waals surface area contributed by atoms with Crippen molar-refractivity contribution < 1.29 is 13.2 Å². The zero-order valence-electron chi connectivity index (χ0n) is 9.10. The van der Waals surface area contributed by atoms with Crippen molar-refractivity contribution in [2.24, 2.45) is 0 Å². The van der Waals surface area contributed by atoms with Crippen LogP contribution in [0.2, 0.25) is 5.02 Å². The Balaban J connectivity index is 2.29. The summed E-state index contributed by atoms with van der Waals surface area (Å²) < 4.78 is 22.7. The predicted molar refractivity (Wildman–Crippen MR) is 67.7 cm³/mol. The highest BCUT2D eigenvalue weighted by Crippen LogP contribution is 2.25. The number of aldehydes is 1. The summed E-state index contributed by atoms with van der Waals surface area (Å²) in [5.41, 5.74) is 1.25. The molecule has 0 amide bonds. The fourth-order valence-corrected chi connectivity index (χ4v) is 3.21. The van der Waals surface area contributed by atoms with Crippen molar-refractivity contribution in [2.75, 3.05) is 29.5 Å². The largest absolute Gasteiger partial charge is 0.369 e. The maximum absolute atomic E-state index is 11.3. The Hall–Kier alpha value is -1.07. The second-order valence-corrected chi connectivity index (χ2v) is 6.70. The molecule has 1 aliphatic rings. The van der Waals surface area contributed by atoms with Crippen molar-refractivity contribution in [1.82, 2.24) is 0 Å². The molecular weight excluding hydrogens is 262 g/mol. The Morgan fingerprint density at radius 2 is 1.88 bits per heavy atom. The van der Waals surface area contributed by atoms with E-state index < -0.39 is 9.84 Å². The molecule has 1 aliphatic heterocycles. The Morgan fingerprint density at radius 1 is 1.24 bits per heavy atom. The summed E-state index contributed by atoms with van der Waals surface area (Å²) in [4.78, 5) is 12.8. The lowest BCUT2D eigenvalue weighted by Crippen LogP contribution is -2.40. The molecule has 1 heterocycles. The summed E-state index contributed by atoms with van der Waals surface area (Å²) in [6, 6.07) is 4.99. The number of carbonyl (C=O) groups excluding carboxylic acids is 1. The average Bonchev–Trinajstić information content (AvgIpc) is 2.29. The molecule has 4 nitrogen and oxygen atoms in total. The van der Waals surface area contributed by atoms with Gasteiger partial charge in [0, 0.05) is 29.4 Å². The van der Waals surface area contributed by atoms with Gasteiger partial charge in [-0.15, -0.1) is 0 Å². The van der Waals surface area contributed by atoms with E-state index in [9.17, 15) is 13.2 Å². The van der Waals surface area contributed by atoms with Crippen molar-refractivity contribution in [3.8, 4) is 0 Å². The van der Waals surface area contributed by atoms with Crippen LogP contribution in [-0.2, 0) is 9.84 Å². The molecule has 0 N–H and O–H groups in total. The highest BCUT2D eigenvalue weighted by atomic mass is 35.5. The highest BCUT2D eigenvalue weighted by Gasteiger charge is 2.23. The molecule has 1 aromatic rings. The Morgan fingerprint density at radius 3 is 2.47 bits per heavy atom. The van der Waals surface area contributed by atoms with Crippen LogP contribution in [0.4, 0.5) is 5.69 Å². The van der Waals surface area contributed by atoms with E-state index in [1.807, 2.05) is 4.90 Å². The van der Waals surface area contributed by atoms with Gasteiger partial charge in [0.15, 0.2) is 16.1 Å². The van der Waals surface area contributed by atoms with Crippen molar-refractivity contribution >= 4 is 33.4 Å². The monoisotopic (exact) mass is 273 g/mol. The topological polar surface area (TPSA) is 54.5 Å². The molecule has 0 saturated carbocycles. The Kier molecular flexibility index (Phi) is 3.40. The maximum Gasteiger partial charge on any atom is 0.153 e. The van der Waals surface area contributed by atoms with Gasteiger partial charge in [0.1, 0.15) is 0 Å². The summed E-state index contributed by atoms with van der Waals surface area (Å²) in [7, 11) is -2.92. The van der Waals surface area contributed by atoms with Gasteiger partial charge in [-0.25, -0.2) is 8.42 Å². The second-order valence-electron chi connectivity index (χ2n) is 3.96. The molecule has 2 rings (SSSR count). The first-order valence-electron chi connectivity index (χ1n) is 5.22. The zero-order chi connectivity index (χ0) is 12.5. The summed E-state index contributed by atoms with van der Waals surface area (Å²) in [6.45, 7) is 0.813. The van der Waals surface area contributed by atoms with Gasteiger partial charge in [-0.3, -0.25) is 4.79 Å². The zero-order valence-corrected chi connectivity index (χ0v) is 10.7. The Labute approximate surface area is 105 Å². The van der Waals surface area contributed by atoms with Gasteiger partial charge >= 0.3 is 0 Å². The lowest BCUT2D eigenvalue weighted by Gasteiger charge is -2.29. The van der Waals surface area contributed by atoms with E-state index in [0.29, 0.717) is 29.4 Å². The van der Waals surface area contributed by atoms with Crippen molar-refractivity contribution in [2.45, 2.75) is 0 Å². The summed E-state index contributed by atoms with van der Waals surface area (Å²) in [5.74, 6) is 0.246. The Bertz CT molecular complexity index is 528. The van der Waals surface area contributed by atoms with Crippen molar-refractivity contribution in [1.29, 1.82) is 0 Å². The van der Waals surface area contributed by atoms with E-state index in [1.54, 1.807) is 18.2 Å². The number of rotatable bonds is 2. The van der Waals surface area contributed by atoms with Crippen LogP contribution in [0.1, 0.15) is 10.4 Å². The molecule has 0 unspecified atom stereocenters. The van der Waals surface area contributed by atoms with Gasteiger partial charge in [0.25, 0.3) is 0 Å². The van der Waals surface area contributed by atoms with E-state index in [0.717, 1.165) is 6.29 Å². The lowest BCUT2D eigenvalue weighted by atomic mass is 10.1. The van der Waals surface area contributed by atoms with Gasteiger partial charge in [-0.1, -0.05) is 11.6 Å². The van der Waals surface area contributed by atoms with Crippen LogP contribution in [0.25, 0.3) is 0 Å². The molecule has 1 fully saturated rings. The standard InChI is InChI=1S/C11H12ClNO3S/c12-10-2-1-9(8-14)11(7-10)13-3-5-17(15,16)6-4-13/h1-2,7-8H,3-6H2. The van der Waals surface area contributed by atoms with Gasteiger partial charge < -0.3 is 4.90 Å². The van der Waals surface area contributed by atoms with E-state index in [-0.39, 0.29) is 11.5 Å². The molecule has 0 spiro atoms. The third-order valence-electron chi connectivity index (χ3n) is 2.80. The minimum absolute atomic E-state index is 0.123. The molecular formula is C11H12ClNO3S. The van der Waals surface area contributed by atoms with Crippen LogP contribution >= 0.6 is 11.6 Å². The molecule has 0 aliphatic carbocycles. The first-order valence-corrected chi connectivity index (χ1v) is 7.42. The van der Waals surface area contributed by atoms with E-state index in [2.05, 4.69) is 0 Å². The van der Waals surface area contributed by atoms with Crippen molar-refractivity contribution in [3.63, 3.8) is 0 Å². The van der Waals surface area contributed by atoms with E-state index in [4.69, 9.17) is 11.6 Å². The van der Waals surface area contributed by atoms with Crippen LogP contribution in [0.15, 0.2) is 18.2 Å². The molecule has 0 atom stereocenters. The van der Waals surface area contributed by atoms with Gasteiger partial charge in [-0.05, 0) is 18.2 Å². The number of hydrogen-bond acceptors (Lipinski definition) is 4. The minimum Gasteiger partial charge on any atom is -0.369 e. The molecule has 0 bridgehead atoms. The SMILES string of the molecule is O=Cc1ccc(Cl)cc1N1CCS(=O)(=O)CC1. The number of sulfone groups is 1. The maximum atomic E-state index is 11.3. The lowest BCUT2D eigenvalue weighted by molar-refractivity contribution is 0.112.